The summed E-state index contributed by atoms with van der Waals surface area (Å²) in [5.74, 6) is 1.65. The van der Waals surface area contributed by atoms with Gasteiger partial charge in [-0.25, -0.2) is 0 Å². The van der Waals surface area contributed by atoms with E-state index in [1.807, 2.05) is 13.1 Å². The number of nitrogens with one attached hydrogen (secondary N) is 1. The summed E-state index contributed by atoms with van der Waals surface area (Å²) in [6, 6.07) is 2.46. The van der Waals surface area contributed by atoms with Crippen LogP contribution in [0.5, 0.6) is 0 Å². The predicted molar refractivity (Wildman–Crippen MR) is 58.4 cm³/mol. The molecule has 3 unspecified atom stereocenters. The third-order valence-electron chi connectivity index (χ3n) is 2.84. The highest BCUT2D eigenvalue weighted by atomic mass is 35.5. The lowest BCUT2D eigenvalue weighted by Crippen LogP contribution is -2.18. The van der Waals surface area contributed by atoms with Gasteiger partial charge in [-0.3, -0.25) is 0 Å². The van der Waals surface area contributed by atoms with E-state index in [0.29, 0.717) is 6.04 Å². The Kier molecular flexibility index (Phi) is 2.63. The van der Waals surface area contributed by atoms with Crippen molar-refractivity contribution in [2.24, 2.45) is 11.8 Å². The van der Waals surface area contributed by atoms with Crippen molar-refractivity contribution in [2.75, 3.05) is 7.05 Å². The molecule has 1 aromatic rings. The Morgan fingerprint density at radius 2 is 2.38 bits per heavy atom. The van der Waals surface area contributed by atoms with Gasteiger partial charge in [0.25, 0.3) is 0 Å². The molecule has 1 heterocycles. The average molecular weight is 216 g/mol. The van der Waals surface area contributed by atoms with Crippen molar-refractivity contribution in [3.8, 4) is 0 Å². The number of halogens is 1. The monoisotopic (exact) mass is 215 g/mol. The van der Waals surface area contributed by atoms with E-state index >= 15 is 0 Å². The molecule has 3 atom stereocenters. The minimum absolute atomic E-state index is 0.475. The average Bonchev–Trinajstić information content (AvgIpc) is 2.65. The summed E-state index contributed by atoms with van der Waals surface area (Å²) in [6.07, 6.45) is 1.33. The van der Waals surface area contributed by atoms with Crippen LogP contribution in [-0.2, 0) is 0 Å². The molecule has 0 amide bonds. The zero-order chi connectivity index (χ0) is 9.42. The van der Waals surface area contributed by atoms with Gasteiger partial charge in [0.15, 0.2) is 0 Å². The van der Waals surface area contributed by atoms with Gasteiger partial charge in [-0.2, -0.15) is 0 Å². The first kappa shape index (κ1) is 9.50. The molecule has 0 aliphatic heterocycles. The largest absolute Gasteiger partial charge is 0.312 e. The Labute approximate surface area is 88.1 Å². The first-order valence-corrected chi connectivity index (χ1v) is 5.90. The molecule has 1 aliphatic rings. The van der Waals surface area contributed by atoms with Crippen LogP contribution in [0.3, 0.4) is 0 Å². The van der Waals surface area contributed by atoms with Crippen molar-refractivity contribution in [2.45, 2.75) is 19.4 Å². The van der Waals surface area contributed by atoms with Crippen LogP contribution in [0, 0.1) is 11.8 Å². The highest BCUT2D eigenvalue weighted by Gasteiger charge is 2.40. The molecule has 1 N–H and O–H groups in total. The van der Waals surface area contributed by atoms with Gasteiger partial charge < -0.3 is 5.32 Å². The van der Waals surface area contributed by atoms with Crippen LogP contribution in [0.2, 0.25) is 5.02 Å². The fourth-order valence-corrected chi connectivity index (χ4v) is 3.24. The van der Waals surface area contributed by atoms with E-state index in [1.165, 1.54) is 11.3 Å². The number of hydrogen-bond acceptors (Lipinski definition) is 2. The fraction of sp³-hybridized carbons (Fsp3) is 0.600. The van der Waals surface area contributed by atoms with Gasteiger partial charge in [-0.05, 0) is 36.8 Å². The summed E-state index contributed by atoms with van der Waals surface area (Å²) in [4.78, 5) is 1.30. The molecule has 2 rings (SSSR count). The first-order chi connectivity index (χ1) is 6.24. The summed E-state index contributed by atoms with van der Waals surface area (Å²) >= 11 is 7.86. The quantitative estimate of drug-likeness (QED) is 0.816. The molecule has 0 saturated heterocycles. The maximum Gasteiger partial charge on any atom is 0.0561 e. The van der Waals surface area contributed by atoms with E-state index in [9.17, 15) is 0 Å². The third-order valence-corrected chi connectivity index (χ3v) is 4.28. The molecule has 1 aromatic heterocycles. The Morgan fingerprint density at radius 3 is 2.77 bits per heavy atom. The molecular formula is C10H14ClNS. The van der Waals surface area contributed by atoms with Gasteiger partial charge in [0.2, 0.25) is 0 Å². The van der Waals surface area contributed by atoms with E-state index < -0.39 is 0 Å². The second-order valence-electron chi connectivity index (χ2n) is 3.78. The summed E-state index contributed by atoms with van der Waals surface area (Å²) < 4.78 is 0. The van der Waals surface area contributed by atoms with Crippen molar-refractivity contribution < 1.29 is 0 Å². The summed E-state index contributed by atoms with van der Waals surface area (Å²) in [5.41, 5.74) is 0. The summed E-state index contributed by atoms with van der Waals surface area (Å²) in [6.45, 7) is 2.30. The Hall–Kier alpha value is -0.0500. The molecule has 1 fully saturated rings. The SMILES string of the molecule is CNC(c1sccc1Cl)C1CC1C. The van der Waals surface area contributed by atoms with Crippen LogP contribution in [0.15, 0.2) is 11.4 Å². The second-order valence-corrected chi connectivity index (χ2v) is 5.13. The molecule has 0 aromatic carbocycles. The highest BCUT2D eigenvalue weighted by Crippen LogP contribution is 2.49. The normalized spacial score (nSPS) is 28.8. The molecule has 0 bridgehead atoms. The molecule has 1 aliphatic carbocycles. The Balaban J connectivity index is 2.17. The number of rotatable bonds is 3. The lowest BCUT2D eigenvalue weighted by Gasteiger charge is -2.14. The van der Waals surface area contributed by atoms with Crippen molar-refractivity contribution in [1.29, 1.82) is 0 Å². The maximum absolute atomic E-state index is 6.10. The van der Waals surface area contributed by atoms with Gasteiger partial charge in [0.1, 0.15) is 0 Å². The third kappa shape index (κ3) is 1.76. The van der Waals surface area contributed by atoms with Crippen LogP contribution < -0.4 is 5.32 Å². The van der Waals surface area contributed by atoms with Crippen LogP contribution in [-0.4, -0.2) is 7.05 Å². The van der Waals surface area contributed by atoms with Gasteiger partial charge in [0, 0.05) is 10.9 Å². The zero-order valence-corrected chi connectivity index (χ0v) is 9.45. The van der Waals surface area contributed by atoms with E-state index in [1.54, 1.807) is 11.3 Å². The number of thiophene rings is 1. The van der Waals surface area contributed by atoms with Crippen molar-refractivity contribution in [1.82, 2.24) is 5.32 Å². The molecule has 1 saturated carbocycles. The second kappa shape index (κ2) is 3.60. The van der Waals surface area contributed by atoms with Gasteiger partial charge >= 0.3 is 0 Å². The molecule has 1 nitrogen and oxygen atoms in total. The summed E-state index contributed by atoms with van der Waals surface area (Å²) in [7, 11) is 2.02. The number of hydrogen-bond donors (Lipinski definition) is 1. The summed E-state index contributed by atoms with van der Waals surface area (Å²) in [5, 5.41) is 6.35. The van der Waals surface area contributed by atoms with Crippen molar-refractivity contribution in [3.05, 3.63) is 21.3 Å². The van der Waals surface area contributed by atoms with Gasteiger partial charge in [-0.15, -0.1) is 11.3 Å². The predicted octanol–water partition coefficient (Wildman–Crippen LogP) is 3.32. The van der Waals surface area contributed by atoms with Crippen LogP contribution in [0.25, 0.3) is 0 Å². The lowest BCUT2D eigenvalue weighted by atomic mass is 10.1. The van der Waals surface area contributed by atoms with Gasteiger partial charge in [0.05, 0.1) is 5.02 Å². The van der Waals surface area contributed by atoms with E-state index in [2.05, 4.69) is 17.6 Å². The molecular weight excluding hydrogens is 202 g/mol. The molecule has 0 spiro atoms. The first-order valence-electron chi connectivity index (χ1n) is 4.64. The van der Waals surface area contributed by atoms with Crippen LogP contribution in [0.1, 0.15) is 24.3 Å². The highest BCUT2D eigenvalue weighted by molar-refractivity contribution is 7.10. The molecule has 0 radical (unpaired) electrons. The molecule has 72 valence electrons. The molecule has 13 heavy (non-hydrogen) atoms. The van der Waals surface area contributed by atoms with Crippen molar-refractivity contribution in [3.63, 3.8) is 0 Å². The smallest absolute Gasteiger partial charge is 0.0561 e. The van der Waals surface area contributed by atoms with Crippen LogP contribution in [0.4, 0.5) is 0 Å². The Bertz CT molecular complexity index is 297. The standard InChI is InChI=1S/C10H14ClNS/c1-6-5-7(6)9(12-2)10-8(11)3-4-13-10/h3-4,6-7,9,12H,5H2,1-2H3. The van der Waals surface area contributed by atoms with E-state index in [0.717, 1.165) is 16.9 Å². The van der Waals surface area contributed by atoms with Crippen LogP contribution >= 0.6 is 22.9 Å². The van der Waals surface area contributed by atoms with Crippen molar-refractivity contribution >= 4 is 22.9 Å². The Morgan fingerprint density at radius 1 is 1.69 bits per heavy atom. The topological polar surface area (TPSA) is 12.0 Å². The minimum atomic E-state index is 0.475. The minimum Gasteiger partial charge on any atom is -0.312 e. The maximum atomic E-state index is 6.10. The molecule has 3 heteroatoms. The van der Waals surface area contributed by atoms with Gasteiger partial charge in [-0.1, -0.05) is 18.5 Å². The van der Waals surface area contributed by atoms with E-state index in [4.69, 9.17) is 11.6 Å². The van der Waals surface area contributed by atoms with E-state index in [-0.39, 0.29) is 0 Å². The lowest BCUT2D eigenvalue weighted by molar-refractivity contribution is 0.512. The zero-order valence-electron chi connectivity index (χ0n) is 7.88. The fourth-order valence-electron chi connectivity index (χ4n) is 1.88.